The molecule has 0 saturated carbocycles. The monoisotopic (exact) mass is 354 g/mol. The van der Waals surface area contributed by atoms with E-state index in [2.05, 4.69) is 30.6 Å². The Morgan fingerprint density at radius 2 is 1.56 bits per heavy atom. The Morgan fingerprint density at radius 3 is 2.12 bits per heavy atom. The molecule has 0 aromatic carbocycles. The third-order valence-corrected chi connectivity index (χ3v) is 2.81. The van der Waals surface area contributed by atoms with Crippen LogP contribution in [0.25, 0.3) is 11.5 Å². The number of nitrogens with one attached hydrogen (secondary N) is 2. The van der Waals surface area contributed by atoms with Crippen LogP contribution in [0.1, 0.15) is 40.3 Å². The van der Waals surface area contributed by atoms with Crippen LogP contribution >= 0.6 is 0 Å². The summed E-state index contributed by atoms with van der Waals surface area (Å²) >= 11 is 0. The van der Waals surface area contributed by atoms with Gasteiger partial charge in [0.15, 0.2) is 5.82 Å². The first-order valence-corrected chi connectivity index (χ1v) is 7.79. The van der Waals surface area contributed by atoms with E-state index in [-0.39, 0.29) is 35.0 Å². The molecule has 6 nitrogen and oxygen atoms in total. The average molecular weight is 354 g/mol. The molecule has 0 atom stereocenters. The van der Waals surface area contributed by atoms with Crippen LogP contribution < -0.4 is 10.6 Å². The van der Waals surface area contributed by atoms with Gasteiger partial charge in [-0.25, -0.2) is 4.98 Å². The molecule has 2 aromatic rings. The Kier molecular flexibility index (Phi) is 5.15. The van der Waals surface area contributed by atoms with Gasteiger partial charge in [0.25, 0.3) is 0 Å². The second-order valence-corrected chi connectivity index (χ2v) is 6.89. The van der Waals surface area contributed by atoms with Gasteiger partial charge in [-0.3, -0.25) is 0 Å². The Balaban J connectivity index is 2.50. The zero-order valence-electron chi connectivity index (χ0n) is 14.7. The van der Waals surface area contributed by atoms with E-state index in [0.29, 0.717) is 0 Å². The number of anilines is 2. The number of nitrogens with zero attached hydrogens (tertiary/aromatic N) is 4. The molecule has 2 rings (SSSR count). The second kappa shape index (κ2) is 6.81. The third-order valence-electron chi connectivity index (χ3n) is 2.81. The number of alkyl halides is 3. The first kappa shape index (κ1) is 18.9. The smallest absolute Gasteiger partial charge is 0.352 e. The molecule has 0 amide bonds. The van der Waals surface area contributed by atoms with Crippen LogP contribution in [0.5, 0.6) is 0 Å². The number of pyridine rings is 1. The van der Waals surface area contributed by atoms with Crippen molar-refractivity contribution in [3.63, 3.8) is 0 Å². The Morgan fingerprint density at radius 1 is 0.920 bits per heavy atom. The number of hydrogen-bond acceptors (Lipinski definition) is 6. The predicted molar refractivity (Wildman–Crippen MR) is 90.2 cm³/mol. The third kappa shape index (κ3) is 5.54. The van der Waals surface area contributed by atoms with Gasteiger partial charge in [0.1, 0.15) is 11.4 Å². The first-order chi connectivity index (χ1) is 11.4. The molecular weight excluding hydrogens is 333 g/mol. The second-order valence-electron chi connectivity index (χ2n) is 6.89. The lowest BCUT2D eigenvalue weighted by Crippen LogP contribution is -2.28. The highest BCUT2D eigenvalue weighted by atomic mass is 19.4. The van der Waals surface area contributed by atoms with Gasteiger partial charge >= 0.3 is 6.18 Å². The normalized spacial score (nSPS) is 12.4. The van der Waals surface area contributed by atoms with Crippen molar-refractivity contribution >= 4 is 11.9 Å². The lowest BCUT2D eigenvalue weighted by atomic mass is 10.1. The molecule has 2 aromatic heterocycles. The summed E-state index contributed by atoms with van der Waals surface area (Å²) in [5.41, 5.74) is -1.29. The summed E-state index contributed by atoms with van der Waals surface area (Å²) in [7, 11) is 0. The van der Waals surface area contributed by atoms with Crippen molar-refractivity contribution in [3.05, 3.63) is 23.9 Å². The summed E-state index contributed by atoms with van der Waals surface area (Å²) in [4.78, 5) is 16.3. The molecular formula is C16H21F3N6. The first-order valence-electron chi connectivity index (χ1n) is 7.79. The summed E-state index contributed by atoms with van der Waals surface area (Å²) in [6.45, 7) is 9.59. The van der Waals surface area contributed by atoms with Crippen molar-refractivity contribution in [2.75, 3.05) is 10.6 Å². The summed E-state index contributed by atoms with van der Waals surface area (Å²) in [6.07, 6.45) is -4.53. The van der Waals surface area contributed by atoms with Crippen LogP contribution in [-0.4, -0.2) is 31.5 Å². The number of halogens is 3. The largest absolute Gasteiger partial charge is 0.433 e. The maximum absolute atomic E-state index is 12.9. The minimum absolute atomic E-state index is 0.0287. The summed E-state index contributed by atoms with van der Waals surface area (Å²) in [5, 5.41) is 6.13. The van der Waals surface area contributed by atoms with E-state index in [1.807, 2.05) is 34.6 Å². The molecule has 0 fully saturated rings. The topological polar surface area (TPSA) is 75.6 Å². The van der Waals surface area contributed by atoms with Crippen LogP contribution in [0.3, 0.4) is 0 Å². The standard InChI is InChI=1S/C16H21F3N6/c1-9(2)20-13-22-12(23-14(24-13)25-15(3,4)5)10-7-6-8-11(21-10)16(17,18)19/h6-9H,1-5H3,(H2,20,22,23,24,25). The van der Waals surface area contributed by atoms with Crippen molar-refractivity contribution in [1.29, 1.82) is 0 Å². The van der Waals surface area contributed by atoms with E-state index in [1.165, 1.54) is 12.1 Å². The van der Waals surface area contributed by atoms with E-state index < -0.39 is 11.9 Å². The van der Waals surface area contributed by atoms with Crippen molar-refractivity contribution in [2.45, 2.75) is 52.4 Å². The van der Waals surface area contributed by atoms with Crippen LogP contribution in [0, 0.1) is 0 Å². The molecule has 0 aliphatic rings. The molecule has 0 aliphatic heterocycles. The Hall–Kier alpha value is -2.45. The molecule has 0 radical (unpaired) electrons. The number of rotatable bonds is 4. The van der Waals surface area contributed by atoms with Crippen molar-refractivity contribution in [2.24, 2.45) is 0 Å². The fraction of sp³-hybridized carbons (Fsp3) is 0.500. The average Bonchev–Trinajstić information content (AvgIpc) is 2.43. The molecule has 2 heterocycles. The highest BCUT2D eigenvalue weighted by molar-refractivity contribution is 5.54. The van der Waals surface area contributed by atoms with Gasteiger partial charge in [-0.05, 0) is 46.8 Å². The molecule has 9 heteroatoms. The molecule has 0 saturated heterocycles. The lowest BCUT2D eigenvalue weighted by Gasteiger charge is -2.21. The van der Waals surface area contributed by atoms with E-state index in [0.717, 1.165) is 6.07 Å². The van der Waals surface area contributed by atoms with E-state index in [4.69, 9.17) is 0 Å². The van der Waals surface area contributed by atoms with Crippen LogP contribution in [-0.2, 0) is 6.18 Å². The molecule has 0 bridgehead atoms. The van der Waals surface area contributed by atoms with Crippen molar-refractivity contribution in [1.82, 2.24) is 19.9 Å². The van der Waals surface area contributed by atoms with E-state index in [9.17, 15) is 13.2 Å². The van der Waals surface area contributed by atoms with Gasteiger partial charge in [-0.2, -0.15) is 28.1 Å². The minimum Gasteiger partial charge on any atom is -0.352 e. The van der Waals surface area contributed by atoms with Gasteiger partial charge in [0.2, 0.25) is 11.9 Å². The molecule has 136 valence electrons. The maximum atomic E-state index is 12.9. The predicted octanol–water partition coefficient (Wildman–Crippen LogP) is 3.98. The van der Waals surface area contributed by atoms with Crippen LogP contribution in [0.15, 0.2) is 18.2 Å². The SMILES string of the molecule is CC(C)Nc1nc(NC(C)(C)C)nc(-c2cccc(C(F)(F)F)n2)n1. The molecule has 0 aliphatic carbocycles. The Labute approximate surface area is 144 Å². The summed E-state index contributed by atoms with van der Waals surface area (Å²) < 4.78 is 38.7. The van der Waals surface area contributed by atoms with E-state index >= 15 is 0 Å². The zero-order valence-corrected chi connectivity index (χ0v) is 14.7. The number of hydrogen-bond donors (Lipinski definition) is 2. The van der Waals surface area contributed by atoms with Crippen molar-refractivity contribution < 1.29 is 13.2 Å². The lowest BCUT2D eigenvalue weighted by molar-refractivity contribution is -0.141. The Bertz CT molecular complexity index is 737. The highest BCUT2D eigenvalue weighted by Crippen LogP contribution is 2.29. The van der Waals surface area contributed by atoms with Gasteiger partial charge in [-0.15, -0.1) is 0 Å². The number of aromatic nitrogens is 4. The molecule has 25 heavy (non-hydrogen) atoms. The van der Waals surface area contributed by atoms with Gasteiger partial charge in [-0.1, -0.05) is 6.07 Å². The van der Waals surface area contributed by atoms with Crippen LogP contribution in [0.2, 0.25) is 0 Å². The fourth-order valence-electron chi connectivity index (χ4n) is 1.92. The quantitative estimate of drug-likeness (QED) is 0.865. The highest BCUT2D eigenvalue weighted by Gasteiger charge is 2.32. The molecule has 2 N–H and O–H groups in total. The molecule has 0 unspecified atom stereocenters. The van der Waals surface area contributed by atoms with E-state index in [1.54, 1.807) is 0 Å². The van der Waals surface area contributed by atoms with Crippen molar-refractivity contribution in [3.8, 4) is 11.5 Å². The molecule has 0 spiro atoms. The van der Waals surface area contributed by atoms with Gasteiger partial charge < -0.3 is 10.6 Å². The van der Waals surface area contributed by atoms with Gasteiger partial charge in [0.05, 0.1) is 0 Å². The summed E-state index contributed by atoms with van der Waals surface area (Å²) in [6, 6.07) is 3.67. The zero-order chi connectivity index (χ0) is 18.8. The maximum Gasteiger partial charge on any atom is 0.433 e. The van der Waals surface area contributed by atoms with Crippen LogP contribution in [0.4, 0.5) is 25.1 Å². The fourth-order valence-corrected chi connectivity index (χ4v) is 1.92. The minimum atomic E-state index is -4.53. The summed E-state index contributed by atoms with van der Waals surface area (Å²) in [5.74, 6) is 0.599. The van der Waals surface area contributed by atoms with Gasteiger partial charge in [0, 0.05) is 11.6 Å².